The number of amides is 1. The van der Waals surface area contributed by atoms with Gasteiger partial charge in [-0.25, -0.2) is 9.48 Å². The molecule has 3 aromatic carbocycles. The molecule has 1 heterocycles. The van der Waals surface area contributed by atoms with Gasteiger partial charge in [0.15, 0.2) is 0 Å². The largest absolute Gasteiger partial charge is 0.478 e. The third-order valence-electron chi connectivity index (χ3n) is 5.98. The number of carbonyl (C=O) groups excluding carboxylic acids is 1. The highest BCUT2D eigenvalue weighted by atomic mass is 35.5. The Bertz CT molecular complexity index is 1470. The van der Waals surface area contributed by atoms with Gasteiger partial charge < -0.3 is 15.2 Å². The first-order valence-electron chi connectivity index (χ1n) is 11.7. The van der Waals surface area contributed by atoms with E-state index in [1.807, 2.05) is 19.1 Å². The van der Waals surface area contributed by atoms with Gasteiger partial charge in [-0.1, -0.05) is 59.1 Å². The van der Waals surface area contributed by atoms with Crippen molar-refractivity contribution in [2.75, 3.05) is 0 Å². The first-order chi connectivity index (χ1) is 18.1. The van der Waals surface area contributed by atoms with Crippen molar-refractivity contribution in [1.29, 1.82) is 0 Å². The lowest BCUT2D eigenvalue weighted by Crippen LogP contribution is -2.34. The number of nitrogens with one attached hydrogen (secondary N) is 1. The predicted octanol–water partition coefficient (Wildman–Crippen LogP) is 6.73. The maximum Gasteiger partial charge on any atom is 0.335 e. The second-order valence-electron chi connectivity index (χ2n) is 8.61. The van der Waals surface area contributed by atoms with Crippen LogP contribution in [0.5, 0.6) is 0 Å². The number of carboxylic acid groups (broad SMARTS) is 1. The molecule has 196 valence electrons. The average Bonchev–Trinajstić information content (AvgIpc) is 3.22. The SMILES string of the molecule is Cc1c(COC(C)C(=O)NCc2ccc(C(=O)O)cc2)nn(-c2ccc(Cl)cc2Cl)c1-c1ccc(Cl)cc1. The Labute approximate surface area is 234 Å². The van der Waals surface area contributed by atoms with E-state index in [4.69, 9.17) is 49.7 Å². The minimum Gasteiger partial charge on any atom is -0.478 e. The minimum atomic E-state index is -1.00. The third kappa shape index (κ3) is 6.37. The Hall–Kier alpha value is -3.36. The molecule has 0 aliphatic carbocycles. The molecule has 1 unspecified atom stereocenters. The monoisotopic (exact) mass is 571 g/mol. The number of halogens is 3. The van der Waals surface area contributed by atoms with E-state index in [0.717, 1.165) is 22.4 Å². The van der Waals surface area contributed by atoms with Crippen molar-refractivity contribution in [1.82, 2.24) is 15.1 Å². The normalized spacial score (nSPS) is 11.8. The van der Waals surface area contributed by atoms with Gasteiger partial charge in [-0.2, -0.15) is 5.10 Å². The molecule has 4 rings (SSSR count). The number of nitrogens with zero attached hydrogens (tertiary/aromatic N) is 2. The van der Waals surface area contributed by atoms with Crippen LogP contribution in [0.4, 0.5) is 0 Å². The fourth-order valence-electron chi connectivity index (χ4n) is 3.83. The van der Waals surface area contributed by atoms with Crippen molar-refractivity contribution < 1.29 is 19.4 Å². The number of hydrogen-bond acceptors (Lipinski definition) is 4. The Morgan fingerprint density at radius 2 is 1.66 bits per heavy atom. The second-order valence-corrected chi connectivity index (χ2v) is 9.89. The molecule has 0 spiro atoms. The number of rotatable bonds is 9. The van der Waals surface area contributed by atoms with Gasteiger partial charge >= 0.3 is 5.97 Å². The summed E-state index contributed by atoms with van der Waals surface area (Å²) in [6, 6.07) is 18.9. The van der Waals surface area contributed by atoms with Crippen LogP contribution in [0.25, 0.3) is 16.9 Å². The van der Waals surface area contributed by atoms with E-state index in [1.165, 1.54) is 12.1 Å². The molecule has 0 fully saturated rings. The number of aromatic nitrogens is 2. The summed E-state index contributed by atoms with van der Waals surface area (Å²) in [5, 5.41) is 18.1. The fourth-order valence-corrected chi connectivity index (χ4v) is 4.44. The van der Waals surface area contributed by atoms with Crippen LogP contribution in [-0.4, -0.2) is 32.9 Å². The molecule has 0 aliphatic heterocycles. The van der Waals surface area contributed by atoms with Crippen molar-refractivity contribution in [3.63, 3.8) is 0 Å². The lowest BCUT2D eigenvalue weighted by molar-refractivity contribution is -0.132. The quantitative estimate of drug-likeness (QED) is 0.232. The molecule has 2 N–H and O–H groups in total. The number of ether oxygens (including phenoxy) is 1. The number of benzene rings is 3. The number of hydrogen-bond donors (Lipinski definition) is 2. The summed E-state index contributed by atoms with van der Waals surface area (Å²) in [4.78, 5) is 23.6. The molecule has 1 aromatic heterocycles. The summed E-state index contributed by atoms with van der Waals surface area (Å²) in [6.07, 6.45) is -0.754. The average molecular weight is 573 g/mol. The summed E-state index contributed by atoms with van der Waals surface area (Å²) in [6.45, 7) is 3.93. The highest BCUT2D eigenvalue weighted by Gasteiger charge is 2.21. The van der Waals surface area contributed by atoms with Crippen molar-refractivity contribution >= 4 is 46.7 Å². The smallest absolute Gasteiger partial charge is 0.335 e. The van der Waals surface area contributed by atoms with E-state index >= 15 is 0 Å². The summed E-state index contributed by atoms with van der Waals surface area (Å²) >= 11 is 18.7. The fraction of sp³-hybridized carbons (Fsp3) is 0.179. The molecule has 10 heteroatoms. The van der Waals surface area contributed by atoms with Gasteiger partial charge in [0.25, 0.3) is 0 Å². The molecular formula is C28H24Cl3N3O4. The van der Waals surface area contributed by atoms with Crippen LogP contribution in [0, 0.1) is 6.92 Å². The molecule has 0 bridgehead atoms. The highest BCUT2D eigenvalue weighted by Crippen LogP contribution is 2.33. The minimum absolute atomic E-state index is 0.0898. The van der Waals surface area contributed by atoms with E-state index in [9.17, 15) is 9.59 Å². The van der Waals surface area contributed by atoms with Crippen LogP contribution >= 0.6 is 34.8 Å². The molecule has 0 aliphatic rings. The van der Waals surface area contributed by atoms with Crippen LogP contribution in [0.15, 0.2) is 66.7 Å². The van der Waals surface area contributed by atoms with Crippen LogP contribution in [0.3, 0.4) is 0 Å². The van der Waals surface area contributed by atoms with Gasteiger partial charge in [-0.05, 0) is 61.9 Å². The topological polar surface area (TPSA) is 93.4 Å². The van der Waals surface area contributed by atoms with Gasteiger partial charge in [0.2, 0.25) is 5.91 Å². The molecule has 0 radical (unpaired) electrons. The highest BCUT2D eigenvalue weighted by molar-refractivity contribution is 6.35. The Kier molecular flexibility index (Phi) is 8.74. The van der Waals surface area contributed by atoms with E-state index < -0.39 is 12.1 Å². The lowest BCUT2D eigenvalue weighted by Gasteiger charge is -2.13. The molecule has 7 nitrogen and oxygen atoms in total. The van der Waals surface area contributed by atoms with E-state index in [-0.39, 0.29) is 24.6 Å². The zero-order chi connectivity index (χ0) is 27.4. The number of aromatic carboxylic acids is 1. The van der Waals surface area contributed by atoms with Gasteiger partial charge in [-0.3, -0.25) is 4.79 Å². The van der Waals surface area contributed by atoms with Gasteiger partial charge in [0.05, 0.1) is 34.3 Å². The second kappa shape index (κ2) is 12.0. The van der Waals surface area contributed by atoms with Gasteiger partial charge in [-0.15, -0.1) is 0 Å². The summed E-state index contributed by atoms with van der Waals surface area (Å²) < 4.78 is 7.61. The van der Waals surface area contributed by atoms with E-state index in [0.29, 0.717) is 26.4 Å². The van der Waals surface area contributed by atoms with Crippen LogP contribution in [0.1, 0.15) is 34.1 Å². The first-order valence-corrected chi connectivity index (χ1v) is 12.8. The van der Waals surface area contributed by atoms with Crippen molar-refractivity contribution in [3.05, 3.63) is 104 Å². The molecule has 1 amide bonds. The maximum atomic E-state index is 12.6. The van der Waals surface area contributed by atoms with Crippen molar-refractivity contribution in [2.24, 2.45) is 0 Å². The zero-order valence-electron chi connectivity index (χ0n) is 20.5. The van der Waals surface area contributed by atoms with Crippen molar-refractivity contribution in [2.45, 2.75) is 33.1 Å². The molecule has 38 heavy (non-hydrogen) atoms. The molecule has 1 atom stereocenters. The van der Waals surface area contributed by atoms with Crippen LogP contribution in [-0.2, 0) is 22.7 Å². The third-order valence-corrected chi connectivity index (χ3v) is 6.77. The van der Waals surface area contributed by atoms with Gasteiger partial charge in [0.1, 0.15) is 6.10 Å². The molecule has 4 aromatic rings. The molecular weight excluding hydrogens is 549 g/mol. The number of carbonyl (C=O) groups is 2. The Morgan fingerprint density at radius 3 is 2.29 bits per heavy atom. The molecule has 0 saturated heterocycles. The first kappa shape index (κ1) is 27.7. The van der Waals surface area contributed by atoms with Crippen LogP contribution in [0.2, 0.25) is 15.1 Å². The maximum absolute atomic E-state index is 12.6. The number of carboxylic acids is 1. The Morgan fingerprint density at radius 1 is 1.00 bits per heavy atom. The van der Waals surface area contributed by atoms with Crippen molar-refractivity contribution in [3.8, 4) is 16.9 Å². The van der Waals surface area contributed by atoms with Crippen LogP contribution < -0.4 is 5.32 Å². The Balaban J connectivity index is 1.51. The van der Waals surface area contributed by atoms with E-state index in [2.05, 4.69) is 5.32 Å². The summed E-state index contributed by atoms with van der Waals surface area (Å²) in [7, 11) is 0. The standard InChI is InChI=1S/C28H24Cl3N3O4/c1-16-24(15-38-17(2)27(35)32-14-18-3-5-20(6-4-18)28(36)37)33-34(25-12-11-22(30)13-23(25)31)26(16)19-7-9-21(29)10-8-19/h3-13,17H,14-15H2,1-2H3,(H,32,35)(H,36,37). The van der Waals surface area contributed by atoms with Gasteiger partial charge in [0, 0.05) is 27.7 Å². The lowest BCUT2D eigenvalue weighted by atomic mass is 10.1. The van der Waals surface area contributed by atoms with E-state index in [1.54, 1.807) is 54.1 Å². The zero-order valence-corrected chi connectivity index (χ0v) is 22.8. The predicted molar refractivity (Wildman–Crippen MR) is 148 cm³/mol. The summed E-state index contributed by atoms with van der Waals surface area (Å²) in [5.74, 6) is -1.30. The molecule has 0 saturated carbocycles. The summed E-state index contributed by atoms with van der Waals surface area (Å²) in [5.41, 5.74) is 4.81.